The number of hydrogen-bond acceptors (Lipinski definition) is 4. The van der Waals surface area contributed by atoms with Gasteiger partial charge in [0.2, 0.25) is 0 Å². The van der Waals surface area contributed by atoms with Crippen molar-refractivity contribution in [3.8, 4) is 17.2 Å². The van der Waals surface area contributed by atoms with E-state index in [1.165, 1.54) is 4.57 Å². The third kappa shape index (κ3) is 4.50. The maximum Gasteiger partial charge on any atom is 0.250 e. The van der Waals surface area contributed by atoms with E-state index in [9.17, 15) is 4.79 Å². The fourth-order valence-corrected chi connectivity index (χ4v) is 3.79. The smallest absolute Gasteiger partial charge is 0.250 e. The lowest BCUT2D eigenvalue weighted by atomic mass is 10.0. The quantitative estimate of drug-likeness (QED) is 0.435. The monoisotopic (exact) mass is 444 g/mol. The van der Waals surface area contributed by atoms with Gasteiger partial charge in [-0.1, -0.05) is 35.9 Å². The molecule has 160 valence electrons. The molecule has 6 nitrogen and oxygen atoms in total. The van der Waals surface area contributed by atoms with Gasteiger partial charge in [0.25, 0.3) is 5.56 Å². The molecule has 0 aliphatic heterocycles. The van der Waals surface area contributed by atoms with Crippen LogP contribution in [0, 0.1) is 11.3 Å². The normalized spacial score (nSPS) is 11.8. The number of rotatable bonds is 6. The summed E-state index contributed by atoms with van der Waals surface area (Å²) >= 11 is 6.19. The van der Waals surface area contributed by atoms with E-state index in [-0.39, 0.29) is 12.2 Å². The molecule has 0 amide bonds. The molecule has 4 rings (SSSR count). The highest BCUT2D eigenvalue weighted by Gasteiger charge is 2.20. The van der Waals surface area contributed by atoms with Crippen molar-refractivity contribution in [2.45, 2.75) is 12.7 Å². The van der Waals surface area contributed by atoms with E-state index in [1.54, 1.807) is 50.0 Å². The zero-order chi connectivity index (χ0) is 22.7. The van der Waals surface area contributed by atoms with Crippen molar-refractivity contribution in [2.24, 2.45) is 14.1 Å². The number of imidazole rings is 1. The zero-order valence-electron chi connectivity index (χ0n) is 17.7. The van der Waals surface area contributed by atoms with E-state index >= 15 is 0 Å². The summed E-state index contributed by atoms with van der Waals surface area (Å²) in [4.78, 5) is 16.6. The van der Waals surface area contributed by atoms with Gasteiger partial charge >= 0.3 is 0 Å². The molecule has 4 aromatic rings. The zero-order valence-corrected chi connectivity index (χ0v) is 18.5. The summed E-state index contributed by atoms with van der Waals surface area (Å²) in [5, 5.41) is 9.72. The Morgan fingerprint density at radius 2 is 1.91 bits per heavy atom. The van der Waals surface area contributed by atoms with Gasteiger partial charge < -0.3 is 13.9 Å². The molecule has 0 radical (unpaired) electrons. The van der Waals surface area contributed by atoms with Gasteiger partial charge in [0, 0.05) is 36.9 Å². The van der Waals surface area contributed by atoms with E-state index in [4.69, 9.17) is 21.6 Å². The van der Waals surface area contributed by atoms with Crippen molar-refractivity contribution < 1.29 is 4.74 Å². The topological polar surface area (TPSA) is 72.8 Å². The minimum absolute atomic E-state index is 0.112. The summed E-state index contributed by atoms with van der Waals surface area (Å²) in [6, 6.07) is 18.5. The van der Waals surface area contributed by atoms with Crippen LogP contribution in [0.3, 0.4) is 0 Å². The molecule has 0 aliphatic carbocycles. The second-order valence-corrected chi connectivity index (χ2v) is 7.96. The summed E-state index contributed by atoms with van der Waals surface area (Å²) in [7, 11) is 3.62. The number of benzene rings is 2. The Labute approximate surface area is 190 Å². The first-order valence-electron chi connectivity index (χ1n) is 9.99. The fourth-order valence-electron chi connectivity index (χ4n) is 3.60. The number of aryl methyl sites for hydroxylation is 2. The van der Waals surface area contributed by atoms with Crippen molar-refractivity contribution >= 4 is 11.6 Å². The predicted octanol–water partition coefficient (Wildman–Crippen LogP) is 4.62. The van der Waals surface area contributed by atoms with Gasteiger partial charge in [-0.25, -0.2) is 4.98 Å². The first-order valence-corrected chi connectivity index (χ1v) is 10.4. The van der Waals surface area contributed by atoms with E-state index in [0.29, 0.717) is 10.6 Å². The van der Waals surface area contributed by atoms with Gasteiger partial charge in [0.1, 0.15) is 6.10 Å². The lowest BCUT2D eigenvalue weighted by Crippen LogP contribution is -2.18. The predicted molar refractivity (Wildman–Crippen MR) is 123 cm³/mol. The number of pyridine rings is 1. The molecule has 2 heterocycles. The number of aromatic nitrogens is 3. The Bertz CT molecular complexity index is 1350. The third-order valence-electron chi connectivity index (χ3n) is 5.32. The molecular weight excluding hydrogens is 424 g/mol. The minimum Gasteiger partial charge on any atom is -0.362 e. The highest BCUT2D eigenvalue weighted by molar-refractivity contribution is 6.30. The van der Waals surface area contributed by atoms with Gasteiger partial charge in [0.05, 0.1) is 36.5 Å². The molecule has 0 N–H and O–H groups in total. The van der Waals surface area contributed by atoms with Gasteiger partial charge in [-0.05, 0) is 41.0 Å². The molecule has 0 saturated heterocycles. The second-order valence-electron chi connectivity index (χ2n) is 7.53. The molecule has 0 bridgehead atoms. The molecule has 2 aromatic carbocycles. The van der Waals surface area contributed by atoms with Crippen molar-refractivity contribution in [2.75, 3.05) is 0 Å². The van der Waals surface area contributed by atoms with Gasteiger partial charge in [-0.2, -0.15) is 5.26 Å². The van der Waals surface area contributed by atoms with Crippen molar-refractivity contribution in [3.63, 3.8) is 0 Å². The number of nitriles is 1. The minimum atomic E-state index is -0.403. The highest BCUT2D eigenvalue weighted by Crippen LogP contribution is 2.30. The summed E-state index contributed by atoms with van der Waals surface area (Å²) in [5.74, 6) is 0. The third-order valence-corrected chi connectivity index (χ3v) is 5.55. The lowest BCUT2D eigenvalue weighted by molar-refractivity contribution is 0.0621. The van der Waals surface area contributed by atoms with Gasteiger partial charge in [0.15, 0.2) is 0 Å². The van der Waals surface area contributed by atoms with Gasteiger partial charge in [-0.3, -0.25) is 4.79 Å². The summed E-state index contributed by atoms with van der Waals surface area (Å²) in [6.07, 6.45) is 4.87. The van der Waals surface area contributed by atoms with Crippen LogP contribution in [-0.2, 0) is 25.4 Å². The summed E-state index contributed by atoms with van der Waals surface area (Å²) < 4.78 is 9.85. The van der Waals surface area contributed by atoms with Crippen LogP contribution in [0.4, 0.5) is 0 Å². The SMILES string of the molecule is Cn1cncc1C(OCc1cn(C)c(=O)cc1-c1cccc(Cl)c1)c1ccc(C#N)cc1. The Balaban J connectivity index is 1.72. The molecule has 7 heteroatoms. The van der Waals surface area contributed by atoms with Crippen LogP contribution in [0.15, 0.2) is 78.1 Å². The molecule has 0 fully saturated rings. The van der Waals surface area contributed by atoms with Crippen molar-refractivity contribution in [1.29, 1.82) is 5.26 Å². The van der Waals surface area contributed by atoms with E-state index in [1.807, 2.05) is 41.9 Å². The summed E-state index contributed by atoms with van der Waals surface area (Å²) in [6.45, 7) is 0.256. The van der Waals surface area contributed by atoms with E-state index in [2.05, 4.69) is 11.1 Å². The maximum atomic E-state index is 12.4. The molecule has 1 unspecified atom stereocenters. The average molecular weight is 445 g/mol. The van der Waals surface area contributed by atoms with E-state index < -0.39 is 6.10 Å². The van der Waals surface area contributed by atoms with Crippen LogP contribution in [0.25, 0.3) is 11.1 Å². The maximum absolute atomic E-state index is 12.4. The Hall–Kier alpha value is -3.66. The average Bonchev–Trinajstić information content (AvgIpc) is 3.22. The number of ether oxygens (including phenoxy) is 1. The molecular formula is C25H21ClN4O2. The van der Waals surface area contributed by atoms with Crippen LogP contribution in [0.2, 0.25) is 5.02 Å². The number of nitrogens with zero attached hydrogens (tertiary/aromatic N) is 4. The number of halogens is 1. The first-order chi connectivity index (χ1) is 15.5. The molecule has 2 aromatic heterocycles. The van der Waals surface area contributed by atoms with Crippen molar-refractivity contribution in [3.05, 3.63) is 111 Å². The van der Waals surface area contributed by atoms with Crippen LogP contribution in [-0.4, -0.2) is 14.1 Å². The van der Waals surface area contributed by atoms with Crippen LogP contribution < -0.4 is 5.56 Å². The number of hydrogen-bond donors (Lipinski definition) is 0. The Morgan fingerprint density at radius 1 is 1.12 bits per heavy atom. The molecule has 0 spiro atoms. The standard InChI is InChI=1S/C25H21ClN4O2/c1-29-14-20(22(11-24(29)31)19-4-3-5-21(26)10-19)15-32-25(23-13-28-16-30(23)2)18-8-6-17(12-27)7-9-18/h3-11,13-14,16,25H,15H2,1-2H3. The second kappa shape index (κ2) is 9.23. The fraction of sp³-hybridized carbons (Fsp3) is 0.160. The van der Waals surface area contributed by atoms with Crippen LogP contribution in [0.5, 0.6) is 0 Å². The highest BCUT2D eigenvalue weighted by atomic mass is 35.5. The molecule has 1 atom stereocenters. The molecule has 0 saturated carbocycles. The van der Waals surface area contributed by atoms with Crippen molar-refractivity contribution in [1.82, 2.24) is 14.1 Å². The molecule has 0 aliphatic rings. The summed E-state index contributed by atoms with van der Waals surface area (Å²) in [5.41, 5.74) is 4.74. The van der Waals surface area contributed by atoms with Crippen LogP contribution in [0.1, 0.15) is 28.5 Å². The largest absolute Gasteiger partial charge is 0.362 e. The van der Waals surface area contributed by atoms with E-state index in [0.717, 1.165) is 27.9 Å². The Kier molecular flexibility index (Phi) is 6.22. The van der Waals surface area contributed by atoms with Gasteiger partial charge in [-0.15, -0.1) is 0 Å². The Morgan fingerprint density at radius 3 is 2.56 bits per heavy atom. The molecule has 32 heavy (non-hydrogen) atoms. The van der Waals surface area contributed by atoms with Crippen LogP contribution >= 0.6 is 11.6 Å². The first kappa shape index (κ1) is 21.6. The lowest BCUT2D eigenvalue weighted by Gasteiger charge is -2.20.